The Kier molecular flexibility index (Phi) is 6.65. The molecule has 0 atom stereocenters. The SMILES string of the molecule is CC(=O)c1cccc(S(=O)(=O)NCCC(=O)OCc2ccc(C)cc2)c1. The van der Waals surface area contributed by atoms with Crippen LogP contribution in [-0.4, -0.2) is 26.7 Å². The van der Waals surface area contributed by atoms with Gasteiger partial charge < -0.3 is 4.74 Å². The van der Waals surface area contributed by atoms with Crippen LogP contribution in [-0.2, 0) is 26.2 Å². The fourth-order valence-corrected chi connectivity index (χ4v) is 3.25. The lowest BCUT2D eigenvalue weighted by Gasteiger charge is -2.08. The van der Waals surface area contributed by atoms with Crippen LogP contribution in [0.5, 0.6) is 0 Å². The molecule has 0 aromatic heterocycles. The van der Waals surface area contributed by atoms with Gasteiger partial charge in [0.15, 0.2) is 5.78 Å². The number of hydrogen-bond acceptors (Lipinski definition) is 5. The van der Waals surface area contributed by atoms with Gasteiger partial charge in [-0.05, 0) is 31.5 Å². The number of Topliss-reactive ketones (excluding diaryl/α,β-unsaturated/α-hetero) is 1. The van der Waals surface area contributed by atoms with Gasteiger partial charge in [0.2, 0.25) is 10.0 Å². The lowest BCUT2D eigenvalue weighted by Crippen LogP contribution is -2.27. The molecule has 0 fully saturated rings. The van der Waals surface area contributed by atoms with Crippen LogP contribution in [0.4, 0.5) is 0 Å². The number of benzene rings is 2. The Hall–Kier alpha value is -2.51. The van der Waals surface area contributed by atoms with E-state index >= 15 is 0 Å². The Morgan fingerprint density at radius 2 is 1.77 bits per heavy atom. The van der Waals surface area contributed by atoms with E-state index < -0.39 is 16.0 Å². The van der Waals surface area contributed by atoms with Gasteiger partial charge in [-0.2, -0.15) is 0 Å². The van der Waals surface area contributed by atoms with Gasteiger partial charge in [0.1, 0.15) is 6.61 Å². The summed E-state index contributed by atoms with van der Waals surface area (Å²) in [4.78, 5) is 23.1. The number of carbonyl (C=O) groups is 2. The number of aryl methyl sites for hydroxylation is 1. The van der Waals surface area contributed by atoms with Gasteiger partial charge in [-0.1, -0.05) is 42.0 Å². The molecule has 0 saturated carbocycles. The highest BCUT2D eigenvalue weighted by atomic mass is 32.2. The Bertz CT molecular complexity index is 888. The standard InChI is InChI=1S/C19H21NO5S/c1-14-6-8-16(9-7-14)13-25-19(22)10-11-20-26(23,24)18-5-3-4-17(12-18)15(2)21/h3-9,12,20H,10-11,13H2,1-2H3. The zero-order chi connectivity index (χ0) is 19.2. The maximum Gasteiger partial charge on any atom is 0.307 e. The van der Waals surface area contributed by atoms with E-state index in [0.717, 1.165) is 11.1 Å². The fourth-order valence-electron chi connectivity index (χ4n) is 2.17. The predicted molar refractivity (Wildman–Crippen MR) is 97.2 cm³/mol. The molecule has 0 amide bonds. The van der Waals surface area contributed by atoms with E-state index in [0.29, 0.717) is 5.56 Å². The third kappa shape index (κ3) is 5.79. The van der Waals surface area contributed by atoms with Crippen molar-refractivity contribution in [3.05, 3.63) is 65.2 Å². The van der Waals surface area contributed by atoms with Crippen molar-refractivity contribution in [3.8, 4) is 0 Å². The number of ether oxygens (including phenoxy) is 1. The lowest BCUT2D eigenvalue weighted by atomic mass is 10.2. The van der Waals surface area contributed by atoms with Crippen LogP contribution in [0.3, 0.4) is 0 Å². The summed E-state index contributed by atoms with van der Waals surface area (Å²) in [6.07, 6.45) is -0.0858. The highest BCUT2D eigenvalue weighted by Gasteiger charge is 2.15. The summed E-state index contributed by atoms with van der Waals surface area (Å²) in [6, 6.07) is 13.3. The second-order valence-electron chi connectivity index (χ2n) is 5.88. The van der Waals surface area contributed by atoms with Gasteiger partial charge in [0.25, 0.3) is 0 Å². The van der Waals surface area contributed by atoms with Crippen molar-refractivity contribution in [2.45, 2.75) is 31.8 Å². The van der Waals surface area contributed by atoms with Crippen molar-refractivity contribution in [3.63, 3.8) is 0 Å². The normalized spacial score (nSPS) is 11.2. The Morgan fingerprint density at radius 3 is 2.42 bits per heavy atom. The molecule has 26 heavy (non-hydrogen) atoms. The van der Waals surface area contributed by atoms with Crippen molar-refractivity contribution >= 4 is 21.8 Å². The van der Waals surface area contributed by atoms with Gasteiger partial charge in [0, 0.05) is 12.1 Å². The van der Waals surface area contributed by atoms with Gasteiger partial charge in [-0.15, -0.1) is 0 Å². The summed E-state index contributed by atoms with van der Waals surface area (Å²) in [5.41, 5.74) is 2.29. The minimum atomic E-state index is -3.79. The molecule has 2 rings (SSSR count). The van der Waals surface area contributed by atoms with Crippen molar-refractivity contribution in [1.82, 2.24) is 4.72 Å². The molecule has 2 aromatic carbocycles. The van der Waals surface area contributed by atoms with Gasteiger partial charge in [0.05, 0.1) is 11.3 Å². The van der Waals surface area contributed by atoms with E-state index in [2.05, 4.69) is 4.72 Å². The van der Waals surface area contributed by atoms with Crippen LogP contribution < -0.4 is 4.72 Å². The minimum absolute atomic E-state index is 0.0155. The molecular weight excluding hydrogens is 354 g/mol. The summed E-state index contributed by atoms with van der Waals surface area (Å²) in [5.74, 6) is -0.715. The molecule has 0 aliphatic rings. The largest absolute Gasteiger partial charge is 0.461 e. The first-order valence-corrected chi connectivity index (χ1v) is 9.58. The van der Waals surface area contributed by atoms with Crippen LogP contribution in [0.2, 0.25) is 0 Å². The van der Waals surface area contributed by atoms with Crippen molar-refractivity contribution in [2.24, 2.45) is 0 Å². The monoisotopic (exact) mass is 375 g/mol. The molecule has 0 radical (unpaired) electrons. The number of hydrogen-bond donors (Lipinski definition) is 1. The molecule has 0 aliphatic carbocycles. The molecule has 0 saturated heterocycles. The highest BCUT2D eigenvalue weighted by molar-refractivity contribution is 7.89. The average molecular weight is 375 g/mol. The second-order valence-corrected chi connectivity index (χ2v) is 7.65. The molecule has 6 nitrogen and oxygen atoms in total. The number of esters is 1. The van der Waals surface area contributed by atoms with Crippen molar-refractivity contribution < 1.29 is 22.7 Å². The first-order chi connectivity index (χ1) is 12.3. The van der Waals surface area contributed by atoms with Gasteiger partial charge in [-0.3, -0.25) is 9.59 Å². The Balaban J connectivity index is 1.84. The maximum absolute atomic E-state index is 12.2. The third-order valence-corrected chi connectivity index (χ3v) is 5.15. The van der Waals surface area contributed by atoms with E-state index in [1.807, 2.05) is 31.2 Å². The zero-order valence-corrected chi connectivity index (χ0v) is 15.5. The molecular formula is C19H21NO5S. The maximum atomic E-state index is 12.2. The molecule has 2 aromatic rings. The Labute approximate surface area is 153 Å². The zero-order valence-electron chi connectivity index (χ0n) is 14.7. The number of sulfonamides is 1. The molecule has 0 aliphatic heterocycles. The smallest absolute Gasteiger partial charge is 0.307 e. The summed E-state index contributed by atoms with van der Waals surface area (Å²) >= 11 is 0. The van der Waals surface area contributed by atoms with E-state index in [4.69, 9.17) is 4.74 Å². The Morgan fingerprint density at radius 1 is 1.08 bits per heavy atom. The van der Waals surface area contributed by atoms with Crippen LogP contribution >= 0.6 is 0 Å². The van der Waals surface area contributed by atoms with Crippen molar-refractivity contribution in [1.29, 1.82) is 0 Å². The van der Waals surface area contributed by atoms with Crippen LogP contribution in [0.25, 0.3) is 0 Å². The number of rotatable bonds is 8. The minimum Gasteiger partial charge on any atom is -0.461 e. The van der Waals surface area contributed by atoms with E-state index in [1.54, 1.807) is 6.07 Å². The van der Waals surface area contributed by atoms with Gasteiger partial charge in [-0.25, -0.2) is 13.1 Å². The third-order valence-electron chi connectivity index (χ3n) is 3.69. The van der Waals surface area contributed by atoms with Crippen LogP contribution in [0, 0.1) is 6.92 Å². The van der Waals surface area contributed by atoms with E-state index in [9.17, 15) is 18.0 Å². The lowest BCUT2D eigenvalue weighted by molar-refractivity contribution is -0.144. The molecule has 0 unspecified atom stereocenters. The summed E-state index contributed by atoms with van der Waals surface area (Å²) < 4.78 is 31.9. The van der Waals surface area contributed by atoms with E-state index in [-0.39, 0.29) is 30.3 Å². The quantitative estimate of drug-likeness (QED) is 0.566. The average Bonchev–Trinajstić information content (AvgIpc) is 2.61. The summed E-state index contributed by atoms with van der Waals surface area (Å²) in [5, 5.41) is 0. The molecule has 138 valence electrons. The topological polar surface area (TPSA) is 89.5 Å². The molecule has 1 N–H and O–H groups in total. The second kappa shape index (κ2) is 8.73. The summed E-state index contributed by atoms with van der Waals surface area (Å²) in [7, 11) is -3.79. The molecule has 0 heterocycles. The van der Waals surface area contributed by atoms with Crippen LogP contribution in [0.15, 0.2) is 53.4 Å². The fraction of sp³-hybridized carbons (Fsp3) is 0.263. The van der Waals surface area contributed by atoms with Crippen LogP contribution in [0.1, 0.15) is 34.8 Å². The first kappa shape index (κ1) is 19.8. The molecule has 7 heteroatoms. The number of carbonyl (C=O) groups excluding carboxylic acids is 2. The first-order valence-electron chi connectivity index (χ1n) is 8.10. The number of ketones is 1. The predicted octanol–water partition coefficient (Wildman–Crippen LogP) is 2.61. The van der Waals surface area contributed by atoms with Crippen molar-refractivity contribution in [2.75, 3.05) is 6.54 Å². The van der Waals surface area contributed by atoms with Gasteiger partial charge >= 0.3 is 5.97 Å². The number of nitrogens with one attached hydrogen (secondary N) is 1. The molecule has 0 spiro atoms. The van der Waals surface area contributed by atoms with E-state index in [1.165, 1.54) is 25.1 Å². The highest BCUT2D eigenvalue weighted by Crippen LogP contribution is 2.12. The summed E-state index contributed by atoms with van der Waals surface area (Å²) in [6.45, 7) is 3.39. The molecule has 0 bridgehead atoms.